The van der Waals surface area contributed by atoms with Crippen molar-refractivity contribution in [3.8, 4) is 0 Å². The Morgan fingerprint density at radius 2 is 1.80 bits per heavy atom. The molecule has 2 fully saturated rings. The van der Waals surface area contributed by atoms with Crippen molar-refractivity contribution in [1.29, 1.82) is 0 Å². The first-order valence-electron chi connectivity index (χ1n) is 9.50. The number of nitrogens with zero attached hydrogens (tertiary/aromatic N) is 4. The van der Waals surface area contributed by atoms with Gasteiger partial charge in [-0.2, -0.15) is 0 Å². The molecule has 1 atom stereocenters. The number of amides is 1. The van der Waals surface area contributed by atoms with E-state index in [4.69, 9.17) is 10.5 Å². The van der Waals surface area contributed by atoms with Gasteiger partial charge in [0.1, 0.15) is 5.60 Å². The van der Waals surface area contributed by atoms with Gasteiger partial charge in [-0.1, -0.05) is 6.92 Å². The average Bonchev–Trinajstić information content (AvgIpc) is 2.53. The minimum Gasteiger partial charge on any atom is -0.444 e. The molecule has 0 aliphatic carbocycles. The largest absolute Gasteiger partial charge is 0.444 e. The molecule has 2 aliphatic heterocycles. The van der Waals surface area contributed by atoms with Crippen LogP contribution in [0.25, 0.3) is 0 Å². The summed E-state index contributed by atoms with van der Waals surface area (Å²) in [7, 11) is 0. The summed E-state index contributed by atoms with van der Waals surface area (Å²) in [4.78, 5) is 22.9. The lowest BCUT2D eigenvalue weighted by Crippen LogP contribution is -2.53. The maximum atomic E-state index is 12.1. The number of ether oxygens (including phenoxy) is 1. The Labute approximate surface area is 152 Å². The van der Waals surface area contributed by atoms with Gasteiger partial charge in [0.15, 0.2) is 5.96 Å². The molecule has 2 saturated heterocycles. The van der Waals surface area contributed by atoms with E-state index in [-0.39, 0.29) is 6.09 Å². The highest BCUT2D eigenvalue weighted by molar-refractivity contribution is 5.78. The monoisotopic (exact) mass is 353 g/mol. The van der Waals surface area contributed by atoms with Crippen molar-refractivity contribution in [1.82, 2.24) is 14.7 Å². The molecule has 2 rings (SSSR count). The maximum absolute atomic E-state index is 12.1. The van der Waals surface area contributed by atoms with Gasteiger partial charge >= 0.3 is 6.09 Å². The van der Waals surface area contributed by atoms with Gasteiger partial charge in [-0.25, -0.2) is 4.79 Å². The SMILES string of the molecule is CC1CCCN(CCN=C(N)N2CCN(C(=O)OC(C)(C)C)CC2)C1. The van der Waals surface area contributed by atoms with E-state index in [9.17, 15) is 4.79 Å². The van der Waals surface area contributed by atoms with E-state index in [1.165, 1.54) is 25.9 Å². The smallest absolute Gasteiger partial charge is 0.410 e. The Hall–Kier alpha value is -1.50. The molecule has 0 aromatic rings. The molecule has 7 heteroatoms. The highest BCUT2D eigenvalue weighted by atomic mass is 16.6. The lowest BCUT2D eigenvalue weighted by atomic mass is 10.0. The molecule has 2 N–H and O–H groups in total. The third-order valence-electron chi connectivity index (χ3n) is 4.69. The van der Waals surface area contributed by atoms with E-state index in [0.29, 0.717) is 32.1 Å². The molecular weight excluding hydrogens is 318 g/mol. The molecule has 144 valence electrons. The van der Waals surface area contributed by atoms with Crippen LogP contribution < -0.4 is 5.73 Å². The number of rotatable bonds is 3. The van der Waals surface area contributed by atoms with Gasteiger partial charge in [-0.3, -0.25) is 4.99 Å². The Morgan fingerprint density at radius 3 is 2.40 bits per heavy atom. The topological polar surface area (TPSA) is 74.4 Å². The summed E-state index contributed by atoms with van der Waals surface area (Å²) in [6.07, 6.45) is 2.37. The van der Waals surface area contributed by atoms with Crippen LogP contribution in [0.3, 0.4) is 0 Å². The quantitative estimate of drug-likeness (QED) is 0.616. The highest BCUT2D eigenvalue weighted by Gasteiger charge is 2.26. The van der Waals surface area contributed by atoms with Gasteiger partial charge in [-0.15, -0.1) is 0 Å². The standard InChI is InChI=1S/C18H35N5O2/c1-15-6-5-8-21(14-15)9-7-20-16(19)22-10-12-23(13-11-22)17(24)25-18(2,3)4/h15H,5-14H2,1-4H3,(H2,19,20). The van der Waals surface area contributed by atoms with E-state index < -0.39 is 5.60 Å². The number of carbonyl (C=O) groups excluding carboxylic acids is 1. The van der Waals surface area contributed by atoms with Crippen LogP contribution in [-0.4, -0.2) is 84.7 Å². The summed E-state index contributed by atoms with van der Waals surface area (Å²) in [5.41, 5.74) is 5.68. The van der Waals surface area contributed by atoms with Crippen molar-refractivity contribution in [2.24, 2.45) is 16.6 Å². The molecule has 25 heavy (non-hydrogen) atoms. The van der Waals surface area contributed by atoms with Crippen LogP contribution >= 0.6 is 0 Å². The molecule has 7 nitrogen and oxygen atoms in total. The molecule has 0 spiro atoms. The Balaban J connectivity index is 1.71. The van der Waals surface area contributed by atoms with Gasteiger partial charge in [0.05, 0.1) is 6.54 Å². The minimum absolute atomic E-state index is 0.248. The first-order valence-corrected chi connectivity index (χ1v) is 9.50. The summed E-state index contributed by atoms with van der Waals surface area (Å²) in [5.74, 6) is 1.38. The lowest BCUT2D eigenvalue weighted by Gasteiger charge is -2.36. The number of hydrogen-bond acceptors (Lipinski definition) is 4. The summed E-state index contributed by atoms with van der Waals surface area (Å²) >= 11 is 0. The minimum atomic E-state index is -0.458. The highest BCUT2D eigenvalue weighted by Crippen LogP contribution is 2.15. The number of guanidine groups is 1. The van der Waals surface area contributed by atoms with E-state index in [2.05, 4.69) is 21.7 Å². The van der Waals surface area contributed by atoms with Gasteiger partial charge in [-0.05, 0) is 46.1 Å². The fourth-order valence-electron chi connectivity index (χ4n) is 3.34. The summed E-state index contributed by atoms with van der Waals surface area (Å²) in [6.45, 7) is 14.7. The molecular formula is C18H35N5O2. The Kier molecular flexibility index (Phi) is 6.93. The number of piperidine rings is 1. The van der Waals surface area contributed by atoms with Crippen molar-refractivity contribution in [3.63, 3.8) is 0 Å². The second-order valence-corrected chi connectivity index (χ2v) is 8.24. The molecule has 2 heterocycles. The van der Waals surface area contributed by atoms with Crippen LogP contribution in [0, 0.1) is 5.92 Å². The second-order valence-electron chi connectivity index (χ2n) is 8.24. The number of aliphatic imine (C=N–C) groups is 1. The molecule has 0 bridgehead atoms. The summed E-state index contributed by atoms with van der Waals surface area (Å²) in [6, 6.07) is 0. The molecule has 2 aliphatic rings. The third kappa shape index (κ3) is 6.72. The van der Waals surface area contributed by atoms with Crippen LogP contribution in [0.2, 0.25) is 0 Å². The van der Waals surface area contributed by atoms with Gasteiger partial charge in [0.25, 0.3) is 0 Å². The van der Waals surface area contributed by atoms with Gasteiger partial charge in [0, 0.05) is 39.3 Å². The predicted octanol–water partition coefficient (Wildman–Crippen LogP) is 1.59. The third-order valence-corrected chi connectivity index (χ3v) is 4.69. The second kappa shape index (κ2) is 8.74. The Morgan fingerprint density at radius 1 is 1.16 bits per heavy atom. The molecule has 1 amide bonds. The lowest BCUT2D eigenvalue weighted by molar-refractivity contribution is 0.0186. The van der Waals surface area contributed by atoms with Crippen molar-refractivity contribution in [2.45, 2.75) is 46.1 Å². The zero-order valence-corrected chi connectivity index (χ0v) is 16.3. The average molecular weight is 354 g/mol. The fraction of sp³-hybridized carbons (Fsp3) is 0.889. The number of carbonyl (C=O) groups is 1. The van der Waals surface area contributed by atoms with E-state index >= 15 is 0 Å². The van der Waals surface area contributed by atoms with Crippen molar-refractivity contribution in [3.05, 3.63) is 0 Å². The Bertz CT molecular complexity index is 467. The molecule has 1 unspecified atom stereocenters. The van der Waals surface area contributed by atoms with Crippen molar-refractivity contribution < 1.29 is 9.53 Å². The first-order chi connectivity index (χ1) is 11.7. The summed E-state index contributed by atoms with van der Waals surface area (Å²) < 4.78 is 5.42. The molecule has 0 saturated carbocycles. The number of piperazine rings is 1. The molecule has 0 aromatic carbocycles. The first kappa shape index (κ1) is 19.8. The number of nitrogens with two attached hydrogens (primary N) is 1. The van der Waals surface area contributed by atoms with Crippen LogP contribution in [0.5, 0.6) is 0 Å². The van der Waals surface area contributed by atoms with E-state index in [1.54, 1.807) is 4.90 Å². The van der Waals surface area contributed by atoms with Crippen LogP contribution in [0.4, 0.5) is 4.79 Å². The van der Waals surface area contributed by atoms with Crippen molar-refractivity contribution in [2.75, 3.05) is 52.4 Å². The van der Waals surface area contributed by atoms with Crippen molar-refractivity contribution >= 4 is 12.1 Å². The zero-order valence-electron chi connectivity index (χ0n) is 16.3. The number of hydrogen-bond donors (Lipinski definition) is 1. The molecule has 0 radical (unpaired) electrons. The van der Waals surface area contributed by atoms with Crippen LogP contribution in [0.15, 0.2) is 4.99 Å². The summed E-state index contributed by atoms with van der Waals surface area (Å²) in [5, 5.41) is 0. The van der Waals surface area contributed by atoms with Gasteiger partial charge in [0.2, 0.25) is 0 Å². The van der Waals surface area contributed by atoms with Gasteiger partial charge < -0.3 is 25.2 Å². The van der Waals surface area contributed by atoms with Crippen LogP contribution in [0.1, 0.15) is 40.5 Å². The zero-order chi connectivity index (χ0) is 18.4. The van der Waals surface area contributed by atoms with Crippen LogP contribution in [-0.2, 0) is 4.74 Å². The number of likely N-dealkylation sites (tertiary alicyclic amines) is 1. The maximum Gasteiger partial charge on any atom is 0.410 e. The normalized spacial score (nSPS) is 23.7. The van der Waals surface area contributed by atoms with E-state index in [1.807, 2.05) is 20.8 Å². The van der Waals surface area contributed by atoms with E-state index in [0.717, 1.165) is 19.0 Å². The molecule has 0 aromatic heterocycles. The predicted molar refractivity (Wildman–Crippen MR) is 101 cm³/mol. The fourth-order valence-corrected chi connectivity index (χ4v) is 3.34.